The van der Waals surface area contributed by atoms with E-state index < -0.39 is 7.12 Å². The summed E-state index contributed by atoms with van der Waals surface area (Å²) < 4.78 is 5.93. The minimum atomic E-state index is -1.50. The first-order valence-electron chi connectivity index (χ1n) is 3.72. The normalized spacial score (nSPS) is 10.7. The Hall–Kier alpha value is -0.775. The molecule has 0 aliphatic rings. The van der Waals surface area contributed by atoms with Gasteiger partial charge >= 0.3 is 7.12 Å². The van der Waals surface area contributed by atoms with E-state index in [1.165, 1.54) is 6.26 Å². The third-order valence-electron chi connectivity index (χ3n) is 1.86. The van der Waals surface area contributed by atoms with Crippen LogP contribution in [0, 0.1) is 0 Å². The summed E-state index contributed by atoms with van der Waals surface area (Å²) in [6.45, 7) is 0. The summed E-state index contributed by atoms with van der Waals surface area (Å²) >= 11 is 3.31. The Kier molecular flexibility index (Phi) is 2.15. The average Bonchev–Trinajstić information content (AvgIpc) is 2.49. The summed E-state index contributed by atoms with van der Waals surface area (Å²) in [4.78, 5) is 0. The topological polar surface area (TPSA) is 53.6 Å². The molecule has 0 unspecified atom stereocenters. The van der Waals surface area contributed by atoms with E-state index in [-0.39, 0.29) is 0 Å². The molecule has 2 rings (SSSR count). The maximum absolute atomic E-state index is 9.01. The van der Waals surface area contributed by atoms with Crippen LogP contribution < -0.4 is 5.46 Å². The van der Waals surface area contributed by atoms with Gasteiger partial charge in [0.15, 0.2) is 0 Å². The van der Waals surface area contributed by atoms with E-state index in [2.05, 4.69) is 15.9 Å². The fourth-order valence-electron chi connectivity index (χ4n) is 1.26. The van der Waals surface area contributed by atoms with Crippen molar-refractivity contribution in [2.45, 2.75) is 0 Å². The number of hydrogen-bond donors (Lipinski definition) is 2. The maximum Gasteiger partial charge on any atom is 0.492 e. The van der Waals surface area contributed by atoms with Crippen LogP contribution in [-0.4, -0.2) is 17.2 Å². The molecule has 0 amide bonds. The van der Waals surface area contributed by atoms with Gasteiger partial charge in [-0.25, -0.2) is 0 Å². The number of rotatable bonds is 1. The van der Waals surface area contributed by atoms with Crippen LogP contribution in [0.2, 0.25) is 0 Å². The predicted molar refractivity (Wildman–Crippen MR) is 53.7 cm³/mol. The van der Waals surface area contributed by atoms with Gasteiger partial charge in [0.25, 0.3) is 0 Å². The number of fused-ring (bicyclic) bond motifs is 1. The minimum absolute atomic E-state index is 0.377. The Labute approximate surface area is 83.3 Å². The lowest BCUT2D eigenvalue weighted by Crippen LogP contribution is -2.28. The summed E-state index contributed by atoms with van der Waals surface area (Å²) in [6.07, 6.45) is 1.35. The molecule has 1 heterocycles. The Balaban J connectivity index is 2.79. The van der Waals surface area contributed by atoms with Crippen molar-refractivity contribution < 1.29 is 14.5 Å². The first-order valence-corrected chi connectivity index (χ1v) is 4.51. The van der Waals surface area contributed by atoms with Crippen LogP contribution in [0.4, 0.5) is 0 Å². The Morgan fingerprint density at radius 3 is 2.77 bits per heavy atom. The molecule has 5 heteroatoms. The SMILES string of the molecule is OB(O)c1coc2cccc(Br)c12. The predicted octanol–water partition coefficient (Wildman–Crippen LogP) is 0.875. The van der Waals surface area contributed by atoms with Crippen molar-refractivity contribution in [1.82, 2.24) is 0 Å². The Morgan fingerprint density at radius 2 is 2.08 bits per heavy atom. The maximum atomic E-state index is 9.01. The summed E-state index contributed by atoms with van der Waals surface area (Å²) in [5.41, 5.74) is 1.01. The largest absolute Gasteiger partial charge is 0.492 e. The summed E-state index contributed by atoms with van der Waals surface area (Å²) in [7, 11) is -1.50. The first-order chi connectivity index (χ1) is 6.20. The van der Waals surface area contributed by atoms with E-state index >= 15 is 0 Å². The van der Waals surface area contributed by atoms with Gasteiger partial charge in [0.2, 0.25) is 0 Å². The molecular weight excluding hydrogens is 235 g/mol. The molecule has 66 valence electrons. The molecule has 0 atom stereocenters. The van der Waals surface area contributed by atoms with Crippen LogP contribution >= 0.6 is 15.9 Å². The Morgan fingerprint density at radius 1 is 1.31 bits per heavy atom. The summed E-state index contributed by atoms with van der Waals surface area (Å²) in [6, 6.07) is 5.42. The van der Waals surface area contributed by atoms with Crippen LogP contribution in [0.3, 0.4) is 0 Å². The number of halogens is 1. The first kappa shape index (κ1) is 8.81. The van der Waals surface area contributed by atoms with Gasteiger partial charge in [0.1, 0.15) is 5.58 Å². The second kappa shape index (κ2) is 3.18. The molecule has 0 saturated carbocycles. The fraction of sp³-hybridized carbons (Fsp3) is 0. The van der Waals surface area contributed by atoms with Gasteiger partial charge in [-0.1, -0.05) is 22.0 Å². The second-order valence-corrected chi connectivity index (χ2v) is 3.53. The molecule has 1 aromatic heterocycles. The fourth-order valence-corrected chi connectivity index (χ4v) is 1.84. The van der Waals surface area contributed by atoms with Crippen molar-refractivity contribution in [3.8, 4) is 0 Å². The number of benzene rings is 1. The van der Waals surface area contributed by atoms with E-state index in [0.29, 0.717) is 16.4 Å². The lowest BCUT2D eigenvalue weighted by molar-refractivity contribution is 0.425. The molecule has 0 fully saturated rings. The zero-order valence-electron chi connectivity index (χ0n) is 6.57. The van der Waals surface area contributed by atoms with Crippen molar-refractivity contribution in [2.24, 2.45) is 0 Å². The van der Waals surface area contributed by atoms with Crippen LogP contribution in [0.1, 0.15) is 0 Å². The third-order valence-corrected chi connectivity index (χ3v) is 2.52. The molecule has 0 aliphatic heterocycles. The molecular formula is C8H6BBrO3. The zero-order chi connectivity index (χ0) is 9.42. The van der Waals surface area contributed by atoms with E-state index in [0.717, 1.165) is 4.47 Å². The molecule has 2 aromatic rings. The van der Waals surface area contributed by atoms with Gasteiger partial charge in [0.05, 0.1) is 6.26 Å². The number of hydrogen-bond acceptors (Lipinski definition) is 3. The van der Waals surface area contributed by atoms with E-state index in [4.69, 9.17) is 14.5 Å². The molecule has 0 radical (unpaired) electrons. The van der Waals surface area contributed by atoms with Crippen molar-refractivity contribution in [3.05, 3.63) is 28.9 Å². The molecule has 1 aromatic carbocycles. The van der Waals surface area contributed by atoms with Gasteiger partial charge in [-0.3, -0.25) is 0 Å². The average molecular weight is 241 g/mol. The molecule has 13 heavy (non-hydrogen) atoms. The summed E-state index contributed by atoms with van der Waals surface area (Å²) in [5.74, 6) is 0. The van der Waals surface area contributed by atoms with E-state index in [1.807, 2.05) is 12.1 Å². The van der Waals surface area contributed by atoms with E-state index in [1.54, 1.807) is 6.07 Å². The van der Waals surface area contributed by atoms with Gasteiger partial charge in [0, 0.05) is 15.3 Å². The van der Waals surface area contributed by atoms with Gasteiger partial charge < -0.3 is 14.5 Å². The Bertz CT molecular complexity index is 438. The lowest BCUT2D eigenvalue weighted by atomic mass is 9.80. The zero-order valence-corrected chi connectivity index (χ0v) is 8.15. The number of furan rings is 1. The molecule has 2 N–H and O–H groups in total. The van der Waals surface area contributed by atoms with Crippen molar-refractivity contribution in [2.75, 3.05) is 0 Å². The van der Waals surface area contributed by atoms with Crippen molar-refractivity contribution >= 4 is 39.5 Å². The van der Waals surface area contributed by atoms with Gasteiger partial charge in [-0.15, -0.1) is 0 Å². The van der Waals surface area contributed by atoms with Crippen LogP contribution in [0.25, 0.3) is 11.0 Å². The van der Waals surface area contributed by atoms with Gasteiger partial charge in [-0.2, -0.15) is 0 Å². The highest BCUT2D eigenvalue weighted by Gasteiger charge is 2.19. The minimum Gasteiger partial charge on any atom is -0.465 e. The quantitative estimate of drug-likeness (QED) is 0.728. The molecule has 0 saturated heterocycles. The lowest BCUT2D eigenvalue weighted by Gasteiger charge is -1.96. The molecule has 0 aliphatic carbocycles. The van der Waals surface area contributed by atoms with Crippen LogP contribution in [0.5, 0.6) is 0 Å². The standard InChI is InChI=1S/C8H6BBrO3/c10-6-2-1-3-7-8(6)5(4-13-7)9(11)12/h1-4,11-12H. The smallest absolute Gasteiger partial charge is 0.465 e. The molecule has 0 spiro atoms. The van der Waals surface area contributed by atoms with Crippen LogP contribution in [0.15, 0.2) is 33.4 Å². The van der Waals surface area contributed by atoms with Gasteiger partial charge in [-0.05, 0) is 12.1 Å². The van der Waals surface area contributed by atoms with Crippen molar-refractivity contribution in [3.63, 3.8) is 0 Å². The molecule has 0 bridgehead atoms. The van der Waals surface area contributed by atoms with E-state index in [9.17, 15) is 0 Å². The van der Waals surface area contributed by atoms with Crippen molar-refractivity contribution in [1.29, 1.82) is 0 Å². The molecule has 3 nitrogen and oxygen atoms in total. The monoisotopic (exact) mass is 240 g/mol. The third kappa shape index (κ3) is 1.39. The second-order valence-electron chi connectivity index (χ2n) is 2.68. The highest BCUT2D eigenvalue weighted by molar-refractivity contribution is 9.10. The highest BCUT2D eigenvalue weighted by atomic mass is 79.9. The highest BCUT2D eigenvalue weighted by Crippen LogP contribution is 2.22. The van der Waals surface area contributed by atoms with Crippen LogP contribution in [-0.2, 0) is 0 Å². The summed E-state index contributed by atoms with van der Waals surface area (Å²) in [5, 5.41) is 18.7.